The number of hydrogen-bond donors (Lipinski definition) is 2. The zero-order chi connectivity index (χ0) is 16.3. The Kier molecular flexibility index (Phi) is 3.54. The molecule has 4 saturated carbocycles. The second-order valence-electron chi connectivity index (χ2n) is 7.03. The van der Waals surface area contributed by atoms with E-state index in [0.29, 0.717) is 18.8 Å². The molecule has 9 heteroatoms. The molecule has 4 aliphatic carbocycles. The van der Waals surface area contributed by atoms with Gasteiger partial charge in [-0.1, -0.05) is 0 Å². The number of carbonyl (C=O) groups is 1. The average molecular weight is 340 g/mol. The fourth-order valence-electron chi connectivity index (χ4n) is 4.75. The number of aliphatic hydroxyl groups excluding tert-OH is 1. The third-order valence-electron chi connectivity index (χ3n) is 5.42. The van der Waals surface area contributed by atoms with Crippen molar-refractivity contribution in [3.05, 3.63) is 0 Å². The van der Waals surface area contributed by atoms with Crippen LogP contribution in [0.3, 0.4) is 0 Å². The van der Waals surface area contributed by atoms with Crippen LogP contribution in [0, 0.1) is 23.2 Å². The van der Waals surface area contributed by atoms with E-state index in [1.807, 2.05) is 0 Å². The van der Waals surface area contributed by atoms with E-state index >= 15 is 0 Å². The summed E-state index contributed by atoms with van der Waals surface area (Å²) in [4.78, 5) is 11.3. The van der Waals surface area contributed by atoms with Gasteiger partial charge in [-0.2, -0.15) is 17.2 Å². The molecule has 0 aromatic rings. The first kappa shape index (κ1) is 16.1. The highest BCUT2D eigenvalue weighted by atomic mass is 32.2. The Labute approximate surface area is 126 Å². The van der Waals surface area contributed by atoms with Crippen LogP contribution in [0.2, 0.25) is 0 Å². The van der Waals surface area contributed by atoms with E-state index in [0.717, 1.165) is 19.3 Å². The molecule has 2 N–H and O–H groups in total. The van der Waals surface area contributed by atoms with Crippen molar-refractivity contribution in [2.45, 2.75) is 43.5 Å². The summed E-state index contributed by atoms with van der Waals surface area (Å²) in [5.41, 5.74) is -0.458. The number of rotatable bonds is 4. The smallest absolute Gasteiger partial charge is 0.460 e. The number of alkyl halides is 2. The van der Waals surface area contributed by atoms with Crippen LogP contribution in [0.15, 0.2) is 0 Å². The van der Waals surface area contributed by atoms with Gasteiger partial charge in [0.2, 0.25) is 0 Å². The van der Waals surface area contributed by atoms with Crippen molar-refractivity contribution in [1.29, 1.82) is 0 Å². The van der Waals surface area contributed by atoms with E-state index in [2.05, 4.69) is 4.74 Å². The van der Waals surface area contributed by atoms with Crippen LogP contribution in [-0.4, -0.2) is 42.0 Å². The van der Waals surface area contributed by atoms with Crippen LogP contribution >= 0.6 is 0 Å². The highest BCUT2D eigenvalue weighted by molar-refractivity contribution is 7.87. The Morgan fingerprint density at radius 2 is 1.77 bits per heavy atom. The number of aliphatic hydroxyl groups is 1. The zero-order valence-electron chi connectivity index (χ0n) is 11.7. The fourth-order valence-corrected chi connectivity index (χ4v) is 5.02. The molecule has 0 heterocycles. The molecule has 0 aliphatic heterocycles. The summed E-state index contributed by atoms with van der Waals surface area (Å²) >= 11 is 0. The number of esters is 1. The molecule has 2 unspecified atom stereocenters. The van der Waals surface area contributed by atoms with Crippen molar-refractivity contribution in [2.75, 3.05) is 6.61 Å². The van der Waals surface area contributed by atoms with Crippen LogP contribution in [0.4, 0.5) is 8.78 Å². The van der Waals surface area contributed by atoms with Gasteiger partial charge >= 0.3 is 21.3 Å². The summed E-state index contributed by atoms with van der Waals surface area (Å²) in [6.45, 7) is -0.298. The lowest BCUT2D eigenvalue weighted by Gasteiger charge is -2.58. The lowest BCUT2D eigenvalue weighted by molar-refractivity contribution is -0.181. The Bertz CT molecular complexity index is 573. The highest BCUT2D eigenvalue weighted by Gasteiger charge is 2.58. The lowest BCUT2D eigenvalue weighted by Crippen LogP contribution is -2.55. The van der Waals surface area contributed by atoms with Gasteiger partial charge < -0.3 is 9.84 Å². The van der Waals surface area contributed by atoms with Gasteiger partial charge in [0.05, 0.1) is 12.7 Å². The maximum Gasteiger partial charge on any atom is 0.465 e. The van der Waals surface area contributed by atoms with Crippen LogP contribution in [0.1, 0.15) is 32.1 Å². The van der Waals surface area contributed by atoms with E-state index in [-0.39, 0.29) is 24.5 Å². The minimum absolute atomic E-state index is 0.0898. The van der Waals surface area contributed by atoms with Gasteiger partial charge in [0, 0.05) is 5.41 Å². The summed E-state index contributed by atoms with van der Waals surface area (Å²) in [6.07, 6.45) is 3.32. The van der Waals surface area contributed by atoms with Gasteiger partial charge in [-0.15, -0.1) is 0 Å². The zero-order valence-corrected chi connectivity index (χ0v) is 12.6. The van der Waals surface area contributed by atoms with E-state index in [4.69, 9.17) is 4.55 Å². The topological polar surface area (TPSA) is 101 Å². The van der Waals surface area contributed by atoms with Crippen LogP contribution in [0.5, 0.6) is 0 Å². The molecule has 0 saturated heterocycles. The quantitative estimate of drug-likeness (QED) is 0.589. The standard InChI is InChI=1S/C13H18F2O6S/c14-13(15,22(18,19)20)11(17)21-6-12-3-7-1-8(4-12)10(16)9(2-7)5-12/h7-10,16H,1-6H2,(H,18,19,20). The van der Waals surface area contributed by atoms with Gasteiger partial charge in [-0.25, -0.2) is 4.79 Å². The summed E-state index contributed by atoms with van der Waals surface area (Å²) < 4.78 is 60.4. The van der Waals surface area contributed by atoms with Gasteiger partial charge in [-0.3, -0.25) is 4.55 Å². The van der Waals surface area contributed by atoms with Crippen LogP contribution in [-0.2, 0) is 19.6 Å². The predicted molar refractivity (Wildman–Crippen MR) is 69.4 cm³/mol. The first-order chi connectivity index (χ1) is 10.0. The maximum atomic E-state index is 13.2. The Morgan fingerprint density at radius 3 is 2.27 bits per heavy atom. The normalized spacial score (nSPS) is 40.7. The fraction of sp³-hybridized carbons (Fsp3) is 0.923. The lowest BCUT2D eigenvalue weighted by atomic mass is 9.49. The largest absolute Gasteiger partial charge is 0.465 e. The number of carbonyl (C=O) groups excluding carboxylic acids is 1. The minimum Gasteiger partial charge on any atom is -0.460 e. The Hall–Kier alpha value is -0.800. The maximum absolute atomic E-state index is 13.2. The van der Waals surface area contributed by atoms with Crippen molar-refractivity contribution in [3.63, 3.8) is 0 Å². The second kappa shape index (κ2) is 4.85. The van der Waals surface area contributed by atoms with Crippen molar-refractivity contribution in [2.24, 2.45) is 23.2 Å². The molecule has 0 aromatic carbocycles. The predicted octanol–water partition coefficient (Wildman–Crippen LogP) is 1.20. The SMILES string of the molecule is O=C(OCC12CC3CC(C1)C(O)C(C3)C2)C(F)(F)S(=O)(=O)O. The molecule has 0 spiro atoms. The van der Waals surface area contributed by atoms with Crippen molar-refractivity contribution >= 4 is 16.1 Å². The van der Waals surface area contributed by atoms with Gasteiger partial charge in [-0.05, 0) is 49.9 Å². The van der Waals surface area contributed by atoms with E-state index in [1.54, 1.807) is 0 Å². The third-order valence-corrected chi connectivity index (χ3v) is 6.24. The summed E-state index contributed by atoms with van der Waals surface area (Å²) in [5.74, 6) is -1.67. The van der Waals surface area contributed by atoms with E-state index < -0.39 is 26.8 Å². The van der Waals surface area contributed by atoms with E-state index in [9.17, 15) is 27.1 Å². The molecular formula is C13H18F2O6S. The van der Waals surface area contributed by atoms with Gasteiger partial charge in [0.15, 0.2) is 0 Å². The molecule has 126 valence electrons. The van der Waals surface area contributed by atoms with E-state index in [1.165, 1.54) is 0 Å². The van der Waals surface area contributed by atoms with Gasteiger partial charge in [0.25, 0.3) is 0 Å². The van der Waals surface area contributed by atoms with Crippen molar-refractivity contribution < 1.29 is 36.4 Å². The molecular weight excluding hydrogens is 322 g/mol. The van der Waals surface area contributed by atoms with Crippen LogP contribution < -0.4 is 0 Å². The second-order valence-corrected chi connectivity index (χ2v) is 8.49. The summed E-state index contributed by atoms with van der Waals surface area (Å²) in [7, 11) is -5.84. The number of halogens is 2. The molecule has 0 aromatic heterocycles. The van der Waals surface area contributed by atoms with Gasteiger partial charge in [0.1, 0.15) is 0 Å². The highest BCUT2D eigenvalue weighted by Crippen LogP contribution is 2.60. The molecule has 22 heavy (non-hydrogen) atoms. The molecule has 4 aliphatic rings. The molecule has 4 fully saturated rings. The Balaban J connectivity index is 1.69. The Morgan fingerprint density at radius 1 is 1.23 bits per heavy atom. The summed E-state index contributed by atoms with van der Waals surface area (Å²) in [5, 5.41) is 5.17. The minimum atomic E-state index is -5.84. The molecule has 0 radical (unpaired) electrons. The monoisotopic (exact) mass is 340 g/mol. The molecule has 6 nitrogen and oxygen atoms in total. The summed E-state index contributed by atoms with van der Waals surface area (Å²) in [6, 6.07) is 0. The third kappa shape index (κ3) is 2.43. The van der Waals surface area contributed by atoms with Crippen molar-refractivity contribution in [3.8, 4) is 0 Å². The average Bonchev–Trinajstić information content (AvgIpc) is 2.40. The molecule has 0 amide bonds. The first-order valence-corrected chi connectivity index (χ1v) is 8.68. The number of ether oxygens (including phenoxy) is 1. The number of hydrogen-bond acceptors (Lipinski definition) is 5. The first-order valence-electron chi connectivity index (χ1n) is 7.24. The molecule has 2 atom stereocenters. The molecule has 4 rings (SSSR count). The van der Waals surface area contributed by atoms with Crippen LogP contribution in [0.25, 0.3) is 0 Å². The molecule has 4 bridgehead atoms. The van der Waals surface area contributed by atoms with Crippen molar-refractivity contribution in [1.82, 2.24) is 0 Å².